The Morgan fingerprint density at radius 3 is 2.15 bits per heavy atom. The number of benzene rings is 3. The molecular weight excluding hydrogens is 644 g/mol. The summed E-state index contributed by atoms with van der Waals surface area (Å²) < 4.78 is 52.6. The van der Waals surface area contributed by atoms with Crippen molar-refractivity contribution in [1.29, 1.82) is 0 Å². The molecule has 1 aliphatic rings. The zero-order chi connectivity index (χ0) is 29.5. The van der Waals surface area contributed by atoms with E-state index >= 15 is 0 Å². The summed E-state index contributed by atoms with van der Waals surface area (Å²) in [4.78, 5) is 37.0. The van der Waals surface area contributed by atoms with Crippen molar-refractivity contribution in [1.82, 2.24) is 0 Å². The average molecular weight is 658 g/mol. The molecular formula is C25H14Cl5F4N3O3. The zero-order valence-electron chi connectivity index (χ0n) is 19.5. The molecule has 3 aromatic rings. The lowest BCUT2D eigenvalue weighted by Gasteiger charge is -2.13. The third-order valence-corrected chi connectivity index (χ3v) is 7.91. The molecule has 4 rings (SSSR count). The summed E-state index contributed by atoms with van der Waals surface area (Å²) in [5.74, 6) is -7.84. The molecule has 1 aliphatic carbocycles. The lowest BCUT2D eigenvalue weighted by Crippen LogP contribution is -2.22. The number of halogens is 9. The van der Waals surface area contributed by atoms with E-state index in [-0.39, 0.29) is 21.3 Å². The Kier molecular flexibility index (Phi) is 8.77. The third-order valence-electron chi connectivity index (χ3n) is 5.90. The van der Waals surface area contributed by atoms with Crippen LogP contribution in [0.1, 0.15) is 21.8 Å². The molecule has 0 heterocycles. The van der Waals surface area contributed by atoms with Gasteiger partial charge in [-0.15, -0.1) is 23.2 Å². The molecule has 3 N–H and O–H groups in total. The fourth-order valence-corrected chi connectivity index (χ4v) is 5.24. The van der Waals surface area contributed by atoms with Gasteiger partial charge in [-0.25, -0.2) is 8.78 Å². The van der Waals surface area contributed by atoms with Gasteiger partial charge >= 0.3 is 6.43 Å². The van der Waals surface area contributed by atoms with Gasteiger partial charge in [0.1, 0.15) is 15.8 Å². The van der Waals surface area contributed by atoms with Gasteiger partial charge in [0.05, 0.1) is 32.2 Å². The number of alkyl halides is 4. The quantitative estimate of drug-likeness (QED) is 0.178. The standard InChI is InChI=1S/C25H14Cl5F4N3O3/c26-12-4-2-10(35-23(39)18-17(25(18,29)30)9-1-3-13(27)14(28)7-9)8-11(12)22(38)37-20-15(31)5-6-16(19(20)32)36-24(40)21(33)34/h1-8,17-18,21H,(H,35,39)(H,36,40)(H,37,38)/t17-,18?/m0/s1. The van der Waals surface area contributed by atoms with Crippen molar-refractivity contribution in [2.45, 2.75) is 16.7 Å². The molecule has 2 atom stereocenters. The van der Waals surface area contributed by atoms with E-state index in [9.17, 15) is 31.9 Å². The molecule has 1 unspecified atom stereocenters. The van der Waals surface area contributed by atoms with Crippen LogP contribution in [-0.2, 0) is 9.59 Å². The highest BCUT2D eigenvalue weighted by molar-refractivity contribution is 6.53. The smallest absolute Gasteiger partial charge is 0.315 e. The van der Waals surface area contributed by atoms with Gasteiger partial charge in [-0.1, -0.05) is 40.9 Å². The summed E-state index contributed by atoms with van der Waals surface area (Å²) in [6.07, 6.45) is -3.46. The number of rotatable bonds is 7. The van der Waals surface area contributed by atoms with Crippen LogP contribution < -0.4 is 16.0 Å². The normalized spacial score (nSPS) is 17.4. The molecule has 210 valence electrons. The van der Waals surface area contributed by atoms with Crippen LogP contribution in [0.4, 0.5) is 34.6 Å². The molecule has 40 heavy (non-hydrogen) atoms. The first-order chi connectivity index (χ1) is 18.7. The van der Waals surface area contributed by atoms with Gasteiger partial charge in [0.15, 0.2) is 5.82 Å². The lowest BCUT2D eigenvalue weighted by molar-refractivity contribution is -0.126. The van der Waals surface area contributed by atoms with Crippen LogP contribution >= 0.6 is 58.0 Å². The van der Waals surface area contributed by atoms with Crippen LogP contribution in [0.2, 0.25) is 15.1 Å². The molecule has 15 heteroatoms. The molecule has 3 amide bonds. The highest BCUT2D eigenvalue weighted by Gasteiger charge is 2.67. The van der Waals surface area contributed by atoms with Crippen molar-refractivity contribution in [2.75, 3.05) is 16.0 Å². The monoisotopic (exact) mass is 655 g/mol. The van der Waals surface area contributed by atoms with Gasteiger partial charge in [-0.05, 0) is 48.0 Å². The Balaban J connectivity index is 1.52. The maximum absolute atomic E-state index is 14.7. The number of anilines is 3. The molecule has 6 nitrogen and oxygen atoms in total. The van der Waals surface area contributed by atoms with Gasteiger partial charge in [-0.3, -0.25) is 14.4 Å². The number of carbonyl (C=O) groups is 3. The van der Waals surface area contributed by atoms with E-state index in [1.165, 1.54) is 24.3 Å². The van der Waals surface area contributed by atoms with Crippen LogP contribution in [0.3, 0.4) is 0 Å². The summed E-state index contributed by atoms with van der Waals surface area (Å²) in [6, 6.07) is 9.81. The first-order valence-electron chi connectivity index (χ1n) is 11.0. The summed E-state index contributed by atoms with van der Waals surface area (Å²) in [5, 5.41) is 6.51. The van der Waals surface area contributed by atoms with E-state index in [4.69, 9.17) is 58.0 Å². The average Bonchev–Trinajstić information content (AvgIpc) is 3.47. The van der Waals surface area contributed by atoms with Crippen molar-refractivity contribution >= 4 is 92.8 Å². The van der Waals surface area contributed by atoms with Crippen LogP contribution in [0.15, 0.2) is 48.5 Å². The SMILES string of the molecule is O=C(Nc1c(F)ccc(NC(=O)C(F)F)c1F)c1cc(NC(=O)C2[C@H](c3ccc(Cl)c(Cl)c3)C2(Cl)Cl)ccc1Cl. The number of hydrogen-bond acceptors (Lipinski definition) is 3. The minimum absolute atomic E-state index is 0.0716. The Morgan fingerprint density at radius 2 is 1.50 bits per heavy atom. The van der Waals surface area contributed by atoms with Crippen LogP contribution in [-0.4, -0.2) is 28.5 Å². The molecule has 0 spiro atoms. The Bertz CT molecular complexity index is 1540. The van der Waals surface area contributed by atoms with Gasteiger partial charge < -0.3 is 16.0 Å². The number of carbonyl (C=O) groups excluding carboxylic acids is 3. The van der Waals surface area contributed by atoms with Gasteiger partial charge in [0, 0.05) is 11.6 Å². The van der Waals surface area contributed by atoms with Crippen molar-refractivity contribution in [2.24, 2.45) is 5.92 Å². The largest absolute Gasteiger partial charge is 0.326 e. The van der Waals surface area contributed by atoms with Crippen LogP contribution in [0, 0.1) is 17.6 Å². The molecule has 0 aliphatic heterocycles. The molecule has 3 aromatic carbocycles. The topological polar surface area (TPSA) is 87.3 Å². The van der Waals surface area contributed by atoms with Crippen molar-refractivity contribution in [3.8, 4) is 0 Å². The summed E-state index contributed by atoms with van der Waals surface area (Å²) in [7, 11) is 0. The highest BCUT2D eigenvalue weighted by atomic mass is 35.5. The molecule has 1 fully saturated rings. The lowest BCUT2D eigenvalue weighted by atomic mass is 10.1. The van der Waals surface area contributed by atoms with Gasteiger partial charge in [0.25, 0.3) is 11.8 Å². The van der Waals surface area contributed by atoms with Crippen molar-refractivity contribution in [3.63, 3.8) is 0 Å². The van der Waals surface area contributed by atoms with Crippen molar-refractivity contribution < 1.29 is 31.9 Å². The minimum atomic E-state index is -3.46. The van der Waals surface area contributed by atoms with E-state index < -0.39 is 63.3 Å². The second-order valence-corrected chi connectivity index (χ2v) is 11.2. The fourth-order valence-electron chi connectivity index (χ4n) is 3.90. The second kappa shape index (κ2) is 11.6. The Morgan fingerprint density at radius 1 is 0.825 bits per heavy atom. The maximum atomic E-state index is 14.7. The van der Waals surface area contributed by atoms with Gasteiger partial charge in [-0.2, -0.15) is 8.78 Å². The number of hydrogen-bond donors (Lipinski definition) is 3. The summed E-state index contributed by atoms with van der Waals surface area (Å²) >= 11 is 30.8. The predicted molar refractivity (Wildman–Crippen MR) is 146 cm³/mol. The fraction of sp³-hybridized carbons (Fsp3) is 0.160. The van der Waals surface area contributed by atoms with Crippen LogP contribution in [0.25, 0.3) is 0 Å². The van der Waals surface area contributed by atoms with Crippen molar-refractivity contribution in [3.05, 3.63) is 86.4 Å². The van der Waals surface area contributed by atoms with Gasteiger partial charge in [0.2, 0.25) is 5.91 Å². The number of amides is 3. The van der Waals surface area contributed by atoms with E-state index in [1.807, 2.05) is 5.32 Å². The molecule has 1 saturated carbocycles. The van der Waals surface area contributed by atoms with Crippen LogP contribution in [0.5, 0.6) is 0 Å². The molecule has 0 radical (unpaired) electrons. The molecule has 0 saturated heterocycles. The summed E-state index contributed by atoms with van der Waals surface area (Å²) in [5.41, 5.74) is -1.48. The predicted octanol–water partition coefficient (Wildman–Crippen LogP) is 7.91. The highest BCUT2D eigenvalue weighted by Crippen LogP contribution is 2.65. The number of nitrogens with one attached hydrogen (secondary N) is 3. The van der Waals surface area contributed by atoms with E-state index in [0.29, 0.717) is 22.7 Å². The second-order valence-electron chi connectivity index (χ2n) is 8.52. The minimum Gasteiger partial charge on any atom is -0.326 e. The Hall–Kier alpha value is -2.76. The zero-order valence-corrected chi connectivity index (χ0v) is 23.3. The third kappa shape index (κ3) is 6.11. The van der Waals surface area contributed by atoms with E-state index in [0.717, 1.165) is 6.07 Å². The maximum Gasteiger partial charge on any atom is 0.315 e. The van der Waals surface area contributed by atoms with E-state index in [2.05, 4.69) is 5.32 Å². The summed E-state index contributed by atoms with van der Waals surface area (Å²) in [6.45, 7) is 0. The first-order valence-corrected chi connectivity index (χ1v) is 12.9. The molecule has 0 bridgehead atoms. The molecule has 0 aromatic heterocycles. The Labute approximate surface area is 248 Å². The van der Waals surface area contributed by atoms with E-state index in [1.54, 1.807) is 11.4 Å². The first kappa shape index (κ1) is 30.2.